The second-order valence-electron chi connectivity index (χ2n) is 14.3. The maximum atomic E-state index is 9.41. The zero-order chi connectivity index (χ0) is 55.2. The van der Waals surface area contributed by atoms with Crippen molar-refractivity contribution in [1.29, 1.82) is 0 Å². The molecule has 8 bridgehead atoms. The molecule has 0 saturated carbocycles. The molecular formula is C53H41N3. The number of fused-ring (bicyclic) bond motifs is 11. The molecule has 10 rings (SSSR count). The number of hydrogen-bond donors (Lipinski definition) is 2. The molecule has 0 radical (unpaired) electrons. The lowest BCUT2D eigenvalue weighted by atomic mass is 9.84. The Balaban J connectivity index is 1.57. The highest BCUT2D eigenvalue weighted by atomic mass is 14.8. The van der Waals surface area contributed by atoms with Crippen LogP contribution in [0.2, 0.25) is 0 Å². The number of H-pyrrole nitrogens is 2. The molecule has 5 aromatic carbocycles. The average Bonchev–Trinajstić information content (AvgIpc) is 4.25. The minimum absolute atomic E-state index is 0.0303. The highest BCUT2D eigenvalue weighted by Gasteiger charge is 2.26. The van der Waals surface area contributed by atoms with Crippen LogP contribution in [0, 0.1) is 0 Å². The number of nitrogens with zero attached hydrogens (tertiary/aromatic N) is 1. The van der Waals surface area contributed by atoms with Crippen LogP contribution in [0.1, 0.15) is 65.1 Å². The molecule has 4 heterocycles. The topological polar surface area (TPSA) is 44.5 Å². The van der Waals surface area contributed by atoms with Crippen molar-refractivity contribution in [3.63, 3.8) is 0 Å². The van der Waals surface area contributed by atoms with Gasteiger partial charge in [-0.15, -0.1) is 0 Å². The van der Waals surface area contributed by atoms with Crippen molar-refractivity contribution in [3.05, 3.63) is 186 Å². The van der Waals surface area contributed by atoms with Gasteiger partial charge in [-0.05, 0) is 104 Å². The summed E-state index contributed by atoms with van der Waals surface area (Å²) in [5.74, 6) is 0. The van der Waals surface area contributed by atoms with Gasteiger partial charge in [0.2, 0.25) is 0 Å². The van der Waals surface area contributed by atoms with E-state index in [1.54, 1.807) is 12.1 Å². The van der Waals surface area contributed by atoms with E-state index < -0.39 is 126 Å². The Morgan fingerprint density at radius 2 is 0.786 bits per heavy atom. The smallest absolute Gasteiger partial charge is 0.0737 e. The minimum atomic E-state index is -0.680. The molecular weight excluding hydrogens is 679 g/mol. The zero-order valence-electron chi connectivity index (χ0n) is 50.2. The van der Waals surface area contributed by atoms with E-state index in [1.165, 1.54) is 36.4 Å². The summed E-state index contributed by atoms with van der Waals surface area (Å²) >= 11 is 0. The van der Waals surface area contributed by atoms with Gasteiger partial charge < -0.3 is 9.97 Å². The largest absolute Gasteiger partial charge is 0.354 e. The third-order valence-electron chi connectivity index (χ3n) is 9.89. The maximum absolute atomic E-state index is 9.41. The molecule has 1 aliphatic heterocycles. The summed E-state index contributed by atoms with van der Waals surface area (Å²) in [7, 11) is 0. The Labute approximate surface area is 355 Å². The van der Waals surface area contributed by atoms with E-state index >= 15 is 0 Å². The normalized spacial score (nSPS) is 17.1. The minimum Gasteiger partial charge on any atom is -0.354 e. The van der Waals surface area contributed by atoms with Crippen molar-refractivity contribution < 1.29 is 27.4 Å². The maximum Gasteiger partial charge on any atom is 0.0737 e. The van der Waals surface area contributed by atoms with Crippen molar-refractivity contribution >= 4 is 34.2 Å². The van der Waals surface area contributed by atoms with Gasteiger partial charge in [0.25, 0.3) is 0 Å². The van der Waals surface area contributed by atoms with Crippen molar-refractivity contribution in [2.75, 3.05) is 0 Å². The second kappa shape index (κ2) is 13.4. The lowest BCUT2D eigenvalue weighted by Gasteiger charge is -2.21. The first-order valence-corrected chi connectivity index (χ1v) is 17.7. The lowest BCUT2D eigenvalue weighted by Crippen LogP contribution is -2.10. The van der Waals surface area contributed by atoms with Gasteiger partial charge >= 0.3 is 0 Å². The Kier molecular flexibility index (Phi) is 4.45. The lowest BCUT2D eigenvalue weighted by molar-refractivity contribution is 0.590. The van der Waals surface area contributed by atoms with Crippen molar-refractivity contribution in [2.45, 2.75) is 26.2 Å². The molecule has 0 unspecified atom stereocenters. The first kappa shape index (κ1) is 18.6. The van der Waals surface area contributed by atoms with Gasteiger partial charge in [-0.25, -0.2) is 4.98 Å². The summed E-state index contributed by atoms with van der Waals surface area (Å²) in [6, 6.07) is 0.344. The number of aromatic amines is 2. The van der Waals surface area contributed by atoms with Crippen LogP contribution in [0.5, 0.6) is 0 Å². The Morgan fingerprint density at radius 3 is 1.20 bits per heavy atom. The molecule has 0 spiro atoms. The molecule has 3 nitrogen and oxygen atoms in total. The summed E-state index contributed by atoms with van der Waals surface area (Å²) in [4.78, 5) is 11.6. The van der Waals surface area contributed by atoms with E-state index in [-0.39, 0.29) is 89.1 Å². The molecule has 0 atom stereocenters. The monoisotopic (exact) mass is 739 g/mol. The van der Waals surface area contributed by atoms with Gasteiger partial charge in [0, 0.05) is 44.3 Å². The Hall–Kier alpha value is -6.97. The number of aromatic nitrogens is 3. The summed E-state index contributed by atoms with van der Waals surface area (Å²) in [5.41, 5.74) is 0.715. The summed E-state index contributed by atoms with van der Waals surface area (Å²) in [6.45, 7) is 5.93. The second-order valence-corrected chi connectivity index (χ2v) is 14.3. The van der Waals surface area contributed by atoms with E-state index in [9.17, 15) is 11.0 Å². The molecule has 3 heteroatoms. The molecule has 2 aliphatic rings. The summed E-state index contributed by atoms with van der Waals surface area (Å²) < 4.78 is 179. The highest BCUT2D eigenvalue weighted by molar-refractivity contribution is 6.08. The fraction of sp³-hybridized carbons (Fsp3) is 0.0755. The van der Waals surface area contributed by atoms with Gasteiger partial charge in [-0.3, -0.25) is 0 Å². The predicted molar refractivity (Wildman–Crippen MR) is 237 cm³/mol. The Morgan fingerprint density at radius 1 is 0.411 bits per heavy atom. The molecule has 8 aromatic rings. The van der Waals surface area contributed by atoms with E-state index in [0.717, 1.165) is 5.56 Å². The van der Waals surface area contributed by atoms with Crippen LogP contribution in [0.4, 0.5) is 0 Å². The predicted octanol–water partition coefficient (Wildman–Crippen LogP) is 14.4. The summed E-state index contributed by atoms with van der Waals surface area (Å²) in [5, 5.41) is 0. The van der Waals surface area contributed by atoms with E-state index in [4.69, 9.17) is 21.4 Å². The highest BCUT2D eigenvalue weighted by Crippen LogP contribution is 2.50. The first-order valence-electron chi connectivity index (χ1n) is 27.7. The van der Waals surface area contributed by atoms with E-state index in [1.807, 2.05) is 32.9 Å². The van der Waals surface area contributed by atoms with Crippen molar-refractivity contribution in [1.82, 2.24) is 15.0 Å². The van der Waals surface area contributed by atoms with Crippen LogP contribution in [0.25, 0.3) is 101 Å². The van der Waals surface area contributed by atoms with Crippen molar-refractivity contribution in [3.8, 4) is 66.8 Å². The van der Waals surface area contributed by atoms with Crippen molar-refractivity contribution in [2.24, 2.45) is 0 Å². The number of hydrogen-bond acceptors (Lipinski definition) is 1. The van der Waals surface area contributed by atoms with Gasteiger partial charge in [-0.1, -0.05) is 154 Å². The van der Waals surface area contributed by atoms with Gasteiger partial charge in [-0.2, -0.15) is 0 Å². The molecule has 0 saturated heterocycles. The third-order valence-corrected chi connectivity index (χ3v) is 9.89. The molecule has 0 fully saturated rings. The van der Waals surface area contributed by atoms with Crippen LogP contribution in [-0.4, -0.2) is 15.0 Å². The number of rotatable bonds is 4. The van der Waals surface area contributed by atoms with E-state index in [2.05, 4.69) is 9.97 Å². The molecule has 3 aromatic heterocycles. The van der Waals surface area contributed by atoms with Crippen LogP contribution >= 0.6 is 0 Å². The molecule has 1 aliphatic carbocycles. The van der Waals surface area contributed by atoms with Crippen LogP contribution in [0.3, 0.4) is 0 Å². The first-order chi connectivity index (χ1) is 35.7. The Bertz CT molecular complexity index is 4050. The molecule has 0 amide bonds. The SMILES string of the molecule is [2H]c1c([2H])c([2H])c(-c2c3cc(c(-c4c([2H])c([2H])c([2H])c([2H])c4[2H])c4ccc([nH]4)c(-c4c([2H])c([2H])c([2H])c([2H])c4[2H])c4nc(c(-c5c([2H])c([2H])c([2H])c([2H])c5[2H])c5ccc2[nH]5)C=C4)-c2cc(C(C)(C)C)ccc2-3)c([2H])c1[2H]. The third kappa shape index (κ3) is 5.80. The standard InChI is InChI=1S/C53H41N3/c1-53(2,3)38-24-25-39-40(32-38)42-33-41(39)49(34-16-8-4-9-17-34)43-26-28-45(54-43)51(36-20-12-6-13-21-36)47-30-31-48(56-47)52(37-22-14-7-15-23-37)46-29-27-44(55-46)50(42)35-18-10-5-11-19-35/h4-33,54-55H,1-3H3/i4D,5D,6D,7D,8D,9D,10D,11D,12D,13D,14D,15D,16D,17D,18D,19D,20D,21D,22D,23D. The quantitative estimate of drug-likeness (QED) is 0.185. The fourth-order valence-corrected chi connectivity index (χ4v) is 7.33. The van der Waals surface area contributed by atoms with Crippen LogP contribution in [0.15, 0.2) is 169 Å². The number of benzene rings is 5. The van der Waals surface area contributed by atoms with Gasteiger partial charge in [0.05, 0.1) is 38.8 Å². The summed E-state index contributed by atoms with van der Waals surface area (Å²) in [6.07, 6.45) is 2.91. The van der Waals surface area contributed by atoms with Gasteiger partial charge in [0.15, 0.2) is 0 Å². The zero-order valence-corrected chi connectivity index (χ0v) is 30.2. The number of nitrogens with one attached hydrogen (secondary N) is 2. The van der Waals surface area contributed by atoms with Gasteiger partial charge in [0.1, 0.15) is 0 Å². The molecule has 56 heavy (non-hydrogen) atoms. The van der Waals surface area contributed by atoms with Crippen LogP contribution < -0.4 is 0 Å². The van der Waals surface area contributed by atoms with Crippen LogP contribution in [-0.2, 0) is 5.41 Å². The average molecular weight is 740 g/mol. The fourth-order valence-electron chi connectivity index (χ4n) is 7.33. The molecule has 2 N–H and O–H groups in total. The van der Waals surface area contributed by atoms with E-state index in [0.29, 0.717) is 11.1 Å². The molecule has 268 valence electrons.